The van der Waals surface area contributed by atoms with Crippen LogP contribution in [0.5, 0.6) is 0 Å². The summed E-state index contributed by atoms with van der Waals surface area (Å²) in [7, 11) is 5.68. The van der Waals surface area contributed by atoms with Gasteiger partial charge in [0.05, 0.1) is 22.5 Å². The lowest BCUT2D eigenvalue weighted by atomic mass is 9.99. The number of fused-ring (bicyclic) bond motifs is 2. The molecule has 2 amide bonds. The highest BCUT2D eigenvalue weighted by Gasteiger charge is 2.29. The molecule has 1 aromatic heterocycles. The molecule has 1 aliphatic rings. The highest BCUT2D eigenvalue weighted by Crippen LogP contribution is 2.39. The molecule has 0 aliphatic carbocycles. The molecule has 0 spiro atoms. The van der Waals surface area contributed by atoms with Gasteiger partial charge in [0.2, 0.25) is 5.91 Å². The van der Waals surface area contributed by atoms with Crippen LogP contribution in [0.3, 0.4) is 0 Å². The molecule has 38 heavy (non-hydrogen) atoms. The van der Waals surface area contributed by atoms with E-state index < -0.39 is 0 Å². The third kappa shape index (κ3) is 5.25. The zero-order chi connectivity index (χ0) is 26.8. The number of carbonyl (C=O) groups excluding carboxylic acids is 2. The minimum atomic E-state index is -0.209. The van der Waals surface area contributed by atoms with Gasteiger partial charge in [0.1, 0.15) is 0 Å². The SMILES string of the molecule is CN(C)CCC(=O)N(C)c1ccc(N/C(=C2\C(=O)Nc3cc(Cl)ccc32)c2ccc3ncccc3c2)cc1. The Labute approximate surface area is 226 Å². The van der Waals surface area contributed by atoms with Crippen LogP contribution in [0.25, 0.3) is 22.2 Å². The number of anilines is 3. The number of halogens is 1. The molecule has 0 bridgehead atoms. The number of benzene rings is 3. The Morgan fingerprint density at radius 3 is 2.55 bits per heavy atom. The van der Waals surface area contributed by atoms with E-state index in [1.165, 1.54) is 0 Å². The van der Waals surface area contributed by atoms with Crippen LogP contribution in [-0.4, -0.2) is 49.4 Å². The second-order valence-electron chi connectivity index (χ2n) is 9.48. The van der Waals surface area contributed by atoms with Crippen molar-refractivity contribution in [1.29, 1.82) is 0 Å². The van der Waals surface area contributed by atoms with Gasteiger partial charge >= 0.3 is 0 Å². The third-order valence-corrected chi connectivity index (χ3v) is 6.77. The second kappa shape index (κ2) is 10.7. The summed E-state index contributed by atoms with van der Waals surface area (Å²) in [6.07, 6.45) is 2.20. The van der Waals surface area contributed by atoms with Gasteiger partial charge in [0.25, 0.3) is 5.91 Å². The average Bonchev–Trinajstić information content (AvgIpc) is 3.24. The van der Waals surface area contributed by atoms with E-state index >= 15 is 0 Å². The van der Waals surface area contributed by atoms with E-state index in [-0.39, 0.29) is 11.8 Å². The van der Waals surface area contributed by atoms with Gasteiger partial charge < -0.3 is 20.4 Å². The number of pyridine rings is 1. The average molecular weight is 526 g/mol. The zero-order valence-electron chi connectivity index (χ0n) is 21.5. The monoisotopic (exact) mass is 525 g/mol. The van der Waals surface area contributed by atoms with Crippen molar-refractivity contribution >= 4 is 62.7 Å². The second-order valence-corrected chi connectivity index (χ2v) is 9.92. The van der Waals surface area contributed by atoms with Crippen molar-refractivity contribution in [2.75, 3.05) is 43.2 Å². The van der Waals surface area contributed by atoms with E-state index in [0.717, 1.165) is 33.4 Å². The first-order chi connectivity index (χ1) is 18.3. The lowest BCUT2D eigenvalue weighted by molar-refractivity contribution is -0.118. The van der Waals surface area contributed by atoms with E-state index in [1.54, 1.807) is 30.3 Å². The van der Waals surface area contributed by atoms with E-state index in [2.05, 4.69) is 15.6 Å². The molecule has 0 atom stereocenters. The molecule has 5 rings (SSSR count). The summed E-state index contributed by atoms with van der Waals surface area (Å²) in [6, 6.07) is 22.8. The van der Waals surface area contributed by atoms with Gasteiger partial charge in [-0.1, -0.05) is 29.8 Å². The number of hydrogen-bond acceptors (Lipinski definition) is 5. The van der Waals surface area contributed by atoms with Gasteiger partial charge in [-0.05, 0) is 74.3 Å². The summed E-state index contributed by atoms with van der Waals surface area (Å²) >= 11 is 6.19. The van der Waals surface area contributed by atoms with Crippen molar-refractivity contribution in [2.24, 2.45) is 0 Å². The Hall–Kier alpha value is -4.20. The molecule has 4 aromatic rings. The molecule has 3 aromatic carbocycles. The van der Waals surface area contributed by atoms with Gasteiger partial charge in [0.15, 0.2) is 0 Å². The van der Waals surface area contributed by atoms with Gasteiger partial charge in [-0.2, -0.15) is 0 Å². The molecule has 0 unspecified atom stereocenters. The molecule has 192 valence electrons. The quantitative estimate of drug-likeness (QED) is 0.301. The summed E-state index contributed by atoms with van der Waals surface area (Å²) in [5.74, 6) is -0.163. The molecular formula is C30H28ClN5O2. The Bertz CT molecular complexity index is 1560. The van der Waals surface area contributed by atoms with Crippen LogP contribution in [0, 0.1) is 0 Å². The van der Waals surface area contributed by atoms with Crippen LogP contribution in [0.4, 0.5) is 17.1 Å². The maximum Gasteiger partial charge on any atom is 0.258 e. The van der Waals surface area contributed by atoms with Gasteiger partial charge in [-0.25, -0.2) is 0 Å². The standard InChI is InChI=1S/C30H28ClN5O2/c1-35(2)16-14-27(37)36(3)23-10-8-22(9-11-23)33-29(20-6-13-25-19(17-20)5-4-15-32-25)28-24-12-7-21(31)18-26(24)34-30(28)38/h4-13,15,17-18,33H,14,16H2,1-3H3,(H,34,38)/b29-28-. The molecular weight excluding hydrogens is 498 g/mol. The first-order valence-corrected chi connectivity index (χ1v) is 12.7. The highest BCUT2D eigenvalue weighted by atomic mass is 35.5. The van der Waals surface area contributed by atoms with Crippen LogP contribution in [0.2, 0.25) is 5.02 Å². The predicted octanol–water partition coefficient (Wildman–Crippen LogP) is 5.74. The van der Waals surface area contributed by atoms with Crippen LogP contribution >= 0.6 is 11.6 Å². The van der Waals surface area contributed by atoms with Crippen LogP contribution in [0.1, 0.15) is 17.5 Å². The topological polar surface area (TPSA) is 77.6 Å². The largest absolute Gasteiger partial charge is 0.354 e. The van der Waals surface area contributed by atoms with Crippen molar-refractivity contribution in [3.63, 3.8) is 0 Å². The third-order valence-electron chi connectivity index (χ3n) is 6.54. The van der Waals surface area contributed by atoms with Crippen molar-refractivity contribution in [2.45, 2.75) is 6.42 Å². The lowest BCUT2D eigenvalue weighted by Crippen LogP contribution is -2.29. The van der Waals surface area contributed by atoms with Crippen LogP contribution in [0.15, 0.2) is 79.0 Å². The number of carbonyl (C=O) groups is 2. The van der Waals surface area contributed by atoms with E-state index in [0.29, 0.717) is 34.9 Å². The number of amides is 2. The van der Waals surface area contributed by atoms with Crippen LogP contribution < -0.4 is 15.5 Å². The number of hydrogen-bond donors (Lipinski definition) is 2. The first-order valence-electron chi connectivity index (χ1n) is 12.3. The smallest absolute Gasteiger partial charge is 0.258 e. The van der Waals surface area contributed by atoms with E-state index in [1.807, 2.05) is 79.7 Å². The maximum atomic E-state index is 13.2. The summed E-state index contributed by atoms with van der Waals surface area (Å²) in [5, 5.41) is 7.93. The van der Waals surface area contributed by atoms with Crippen molar-refractivity contribution in [3.8, 4) is 0 Å². The molecule has 0 saturated carbocycles. The molecule has 8 heteroatoms. The molecule has 0 fully saturated rings. The first kappa shape index (κ1) is 25.4. The molecule has 2 N–H and O–H groups in total. The van der Waals surface area contributed by atoms with E-state index in [4.69, 9.17) is 11.6 Å². The Balaban J connectivity index is 1.53. The van der Waals surface area contributed by atoms with Crippen molar-refractivity contribution in [1.82, 2.24) is 9.88 Å². The fourth-order valence-electron chi connectivity index (χ4n) is 4.45. The van der Waals surface area contributed by atoms with Crippen LogP contribution in [-0.2, 0) is 9.59 Å². The Kier molecular flexibility index (Phi) is 7.13. The van der Waals surface area contributed by atoms with Gasteiger partial charge in [0, 0.05) is 53.6 Å². The Morgan fingerprint density at radius 2 is 1.79 bits per heavy atom. The lowest BCUT2D eigenvalue weighted by Gasteiger charge is -2.20. The summed E-state index contributed by atoms with van der Waals surface area (Å²) in [6.45, 7) is 0.690. The Morgan fingerprint density at radius 1 is 1.00 bits per heavy atom. The molecule has 1 aliphatic heterocycles. The fraction of sp³-hybridized carbons (Fsp3) is 0.167. The number of nitrogens with one attached hydrogen (secondary N) is 2. The van der Waals surface area contributed by atoms with Crippen molar-refractivity contribution in [3.05, 3.63) is 95.1 Å². The fourth-order valence-corrected chi connectivity index (χ4v) is 4.62. The predicted molar refractivity (Wildman–Crippen MR) is 155 cm³/mol. The van der Waals surface area contributed by atoms with Gasteiger partial charge in [-0.3, -0.25) is 14.6 Å². The van der Waals surface area contributed by atoms with Crippen molar-refractivity contribution < 1.29 is 9.59 Å². The minimum absolute atomic E-state index is 0.0462. The number of aromatic nitrogens is 1. The summed E-state index contributed by atoms with van der Waals surface area (Å²) in [5.41, 5.74) is 5.94. The number of nitrogens with zero attached hydrogens (tertiary/aromatic N) is 3. The highest BCUT2D eigenvalue weighted by molar-refractivity contribution is 6.38. The minimum Gasteiger partial charge on any atom is -0.354 e. The number of rotatable bonds is 7. The molecule has 7 nitrogen and oxygen atoms in total. The summed E-state index contributed by atoms with van der Waals surface area (Å²) < 4.78 is 0. The van der Waals surface area contributed by atoms with Gasteiger partial charge in [-0.15, -0.1) is 0 Å². The summed E-state index contributed by atoms with van der Waals surface area (Å²) in [4.78, 5) is 33.9. The molecule has 2 heterocycles. The maximum absolute atomic E-state index is 13.2. The zero-order valence-corrected chi connectivity index (χ0v) is 22.2. The normalized spacial score (nSPS) is 13.9. The molecule has 0 radical (unpaired) electrons. The van der Waals surface area contributed by atoms with E-state index in [9.17, 15) is 9.59 Å². The molecule has 0 saturated heterocycles.